The van der Waals surface area contributed by atoms with E-state index in [0.29, 0.717) is 5.92 Å². The Bertz CT molecular complexity index is 1440. The lowest BCUT2D eigenvalue weighted by molar-refractivity contribution is 0.596. The van der Waals surface area contributed by atoms with E-state index >= 15 is 0 Å². The summed E-state index contributed by atoms with van der Waals surface area (Å²) in [6.07, 6.45) is 0. The van der Waals surface area contributed by atoms with Crippen LogP contribution < -0.4 is 0 Å². The van der Waals surface area contributed by atoms with Gasteiger partial charge in [0.2, 0.25) is 0 Å². The molecule has 5 aromatic rings. The van der Waals surface area contributed by atoms with Gasteiger partial charge in [-0.25, -0.2) is 0 Å². The molecular formula is C29H28N2. The second-order valence-corrected chi connectivity index (χ2v) is 9.83. The number of hydrogen-bond donors (Lipinski definition) is 0. The van der Waals surface area contributed by atoms with Crippen molar-refractivity contribution in [3.8, 4) is 11.3 Å². The molecule has 2 heteroatoms. The molecule has 0 spiro atoms. The average molecular weight is 405 g/mol. The maximum Gasteiger partial charge on any atom is 0.101 e. The van der Waals surface area contributed by atoms with Gasteiger partial charge in [-0.1, -0.05) is 83.1 Å². The summed E-state index contributed by atoms with van der Waals surface area (Å²) in [6.45, 7) is 11.2. The summed E-state index contributed by atoms with van der Waals surface area (Å²) in [5.41, 5.74) is 4.52. The Morgan fingerprint density at radius 1 is 0.645 bits per heavy atom. The molecule has 0 bridgehead atoms. The van der Waals surface area contributed by atoms with E-state index in [1.54, 1.807) is 0 Å². The topological polar surface area (TPSA) is 25.8 Å². The molecule has 0 saturated heterocycles. The zero-order chi connectivity index (χ0) is 21.8. The number of fused-ring (bicyclic) bond motifs is 3. The minimum absolute atomic E-state index is 0.0312. The third kappa shape index (κ3) is 3.37. The van der Waals surface area contributed by atoms with Crippen molar-refractivity contribution in [1.29, 1.82) is 0 Å². The van der Waals surface area contributed by atoms with E-state index in [0.717, 1.165) is 17.0 Å². The van der Waals surface area contributed by atoms with Crippen LogP contribution in [0.2, 0.25) is 0 Å². The molecule has 0 unspecified atom stereocenters. The highest BCUT2D eigenvalue weighted by Crippen LogP contribution is 2.38. The van der Waals surface area contributed by atoms with Crippen molar-refractivity contribution in [3.63, 3.8) is 0 Å². The molecule has 0 radical (unpaired) electrons. The number of nitrogens with zero attached hydrogens (tertiary/aromatic N) is 2. The lowest BCUT2D eigenvalue weighted by Crippen LogP contribution is -2.12. The van der Waals surface area contributed by atoms with Gasteiger partial charge in [0.15, 0.2) is 0 Å². The average Bonchev–Trinajstić information content (AvgIpc) is 2.75. The molecule has 0 N–H and O–H groups in total. The first-order chi connectivity index (χ1) is 14.8. The predicted octanol–water partition coefficient (Wildman–Crippen LogP) is 8.02. The summed E-state index contributed by atoms with van der Waals surface area (Å²) in [5, 5.41) is 16.9. The monoisotopic (exact) mass is 404 g/mol. The van der Waals surface area contributed by atoms with Crippen LogP contribution in [0.3, 0.4) is 0 Å². The molecule has 0 fully saturated rings. The maximum atomic E-state index is 4.79. The van der Waals surface area contributed by atoms with Crippen LogP contribution in [0.15, 0.2) is 72.8 Å². The van der Waals surface area contributed by atoms with Gasteiger partial charge in [-0.05, 0) is 62.7 Å². The first-order valence-corrected chi connectivity index (χ1v) is 11.1. The van der Waals surface area contributed by atoms with E-state index in [4.69, 9.17) is 10.2 Å². The number of rotatable bonds is 2. The van der Waals surface area contributed by atoms with E-state index in [1.807, 2.05) is 0 Å². The lowest BCUT2D eigenvalue weighted by atomic mass is 9.82. The van der Waals surface area contributed by atoms with E-state index in [-0.39, 0.29) is 5.41 Å². The van der Waals surface area contributed by atoms with Crippen LogP contribution in [0.25, 0.3) is 43.6 Å². The first-order valence-electron chi connectivity index (χ1n) is 11.1. The molecule has 0 saturated carbocycles. The Balaban J connectivity index is 1.88. The first kappa shape index (κ1) is 19.7. The fourth-order valence-corrected chi connectivity index (χ4v) is 4.57. The molecule has 1 aromatic heterocycles. The SMILES string of the molecule is CC(C)c1nnc(-c2cc(C(C)(C)C)c3ccccc3c2)c2cc3ccccc3cc12. The highest BCUT2D eigenvalue weighted by Gasteiger charge is 2.20. The van der Waals surface area contributed by atoms with Gasteiger partial charge in [0, 0.05) is 16.3 Å². The van der Waals surface area contributed by atoms with Crippen LogP contribution in [0.4, 0.5) is 0 Å². The highest BCUT2D eigenvalue weighted by atomic mass is 15.1. The third-order valence-electron chi connectivity index (χ3n) is 6.16. The second-order valence-electron chi connectivity index (χ2n) is 9.83. The zero-order valence-electron chi connectivity index (χ0n) is 18.9. The van der Waals surface area contributed by atoms with Gasteiger partial charge in [0.05, 0.1) is 5.69 Å². The van der Waals surface area contributed by atoms with Gasteiger partial charge in [-0.2, -0.15) is 5.10 Å². The summed E-state index contributed by atoms with van der Waals surface area (Å²) in [7, 11) is 0. The van der Waals surface area contributed by atoms with Crippen LogP contribution in [0.5, 0.6) is 0 Å². The molecular weight excluding hydrogens is 376 g/mol. The van der Waals surface area contributed by atoms with Crippen molar-refractivity contribution < 1.29 is 0 Å². The quantitative estimate of drug-likeness (QED) is 0.278. The van der Waals surface area contributed by atoms with Gasteiger partial charge in [-0.15, -0.1) is 5.10 Å². The standard InChI is InChI=1S/C29H28N2/c1-18(2)27-24-15-19-10-6-7-11-20(19)16-25(24)28(31-30-27)22-14-21-12-8-9-13-23(21)26(17-22)29(3,4)5/h6-18H,1-5H3. The van der Waals surface area contributed by atoms with E-state index in [1.165, 1.54) is 37.9 Å². The zero-order valence-corrected chi connectivity index (χ0v) is 18.9. The summed E-state index contributed by atoms with van der Waals surface area (Å²) in [5.74, 6) is 0.312. The maximum absolute atomic E-state index is 4.79. The Labute approximate surface area is 183 Å². The molecule has 0 aliphatic heterocycles. The second kappa shape index (κ2) is 7.16. The summed E-state index contributed by atoms with van der Waals surface area (Å²) >= 11 is 0. The van der Waals surface area contributed by atoms with Gasteiger partial charge in [0.25, 0.3) is 0 Å². The van der Waals surface area contributed by atoms with Crippen LogP contribution in [-0.2, 0) is 5.41 Å². The van der Waals surface area contributed by atoms with Gasteiger partial charge in [-0.3, -0.25) is 0 Å². The third-order valence-corrected chi connectivity index (χ3v) is 6.16. The molecule has 154 valence electrons. The fourth-order valence-electron chi connectivity index (χ4n) is 4.57. The lowest BCUT2D eigenvalue weighted by Gasteiger charge is -2.23. The van der Waals surface area contributed by atoms with Crippen molar-refractivity contribution in [2.24, 2.45) is 0 Å². The Morgan fingerprint density at radius 2 is 1.26 bits per heavy atom. The molecule has 0 amide bonds. The van der Waals surface area contributed by atoms with Crippen molar-refractivity contribution in [3.05, 3.63) is 84.1 Å². The van der Waals surface area contributed by atoms with Crippen molar-refractivity contribution in [1.82, 2.24) is 10.2 Å². The van der Waals surface area contributed by atoms with Crippen molar-refractivity contribution in [2.45, 2.75) is 46.0 Å². The summed E-state index contributed by atoms with van der Waals surface area (Å²) < 4.78 is 0. The summed E-state index contributed by atoms with van der Waals surface area (Å²) in [4.78, 5) is 0. The highest BCUT2D eigenvalue weighted by molar-refractivity contribution is 6.05. The molecule has 0 aliphatic rings. The summed E-state index contributed by atoms with van der Waals surface area (Å²) in [6, 6.07) is 26.3. The smallest absolute Gasteiger partial charge is 0.101 e. The predicted molar refractivity (Wildman–Crippen MR) is 133 cm³/mol. The number of aromatic nitrogens is 2. The van der Waals surface area contributed by atoms with Crippen LogP contribution >= 0.6 is 0 Å². The van der Waals surface area contributed by atoms with Crippen molar-refractivity contribution >= 4 is 32.3 Å². The van der Waals surface area contributed by atoms with E-state index in [9.17, 15) is 0 Å². The van der Waals surface area contributed by atoms with Gasteiger partial charge < -0.3 is 0 Å². The largest absolute Gasteiger partial charge is 0.154 e. The minimum atomic E-state index is 0.0312. The van der Waals surface area contributed by atoms with Gasteiger partial charge >= 0.3 is 0 Å². The minimum Gasteiger partial charge on any atom is -0.154 e. The Kier molecular flexibility index (Phi) is 4.55. The molecule has 31 heavy (non-hydrogen) atoms. The van der Waals surface area contributed by atoms with Crippen molar-refractivity contribution in [2.75, 3.05) is 0 Å². The Hall–Kier alpha value is -3.26. The molecule has 5 rings (SSSR count). The Morgan fingerprint density at radius 3 is 1.90 bits per heavy atom. The molecule has 0 atom stereocenters. The molecule has 0 aliphatic carbocycles. The van der Waals surface area contributed by atoms with Crippen LogP contribution in [0.1, 0.15) is 51.8 Å². The normalized spacial score (nSPS) is 12.3. The van der Waals surface area contributed by atoms with Gasteiger partial charge in [0.1, 0.15) is 5.69 Å². The van der Waals surface area contributed by atoms with E-state index < -0.39 is 0 Å². The van der Waals surface area contributed by atoms with Crippen LogP contribution in [-0.4, -0.2) is 10.2 Å². The number of benzene rings is 4. The molecule has 1 heterocycles. The van der Waals surface area contributed by atoms with E-state index in [2.05, 4.69) is 107 Å². The fraction of sp³-hybridized carbons (Fsp3) is 0.241. The van der Waals surface area contributed by atoms with Crippen LogP contribution in [0, 0.1) is 0 Å². The molecule has 4 aromatic carbocycles. The number of hydrogen-bond acceptors (Lipinski definition) is 2. The molecule has 2 nitrogen and oxygen atoms in total.